The van der Waals surface area contributed by atoms with Crippen molar-refractivity contribution in [2.24, 2.45) is 5.41 Å². The van der Waals surface area contributed by atoms with Crippen molar-refractivity contribution in [2.45, 2.75) is 41.0 Å². The molecule has 1 aliphatic carbocycles. The monoisotopic (exact) mass is 426 g/mol. The Bertz CT molecular complexity index is 1190. The Hall–Kier alpha value is -3.67. The lowest BCUT2D eigenvalue weighted by Gasteiger charge is -2.21. The Kier molecular flexibility index (Phi) is 5.95. The van der Waals surface area contributed by atoms with Crippen LogP contribution in [0, 0.1) is 19.3 Å². The highest BCUT2D eigenvalue weighted by Gasteiger charge is 2.17. The van der Waals surface area contributed by atoms with E-state index in [-0.39, 0.29) is 5.41 Å². The molecule has 6 heteroatoms. The third-order valence-corrected chi connectivity index (χ3v) is 5.42. The molecule has 1 aliphatic rings. The molecule has 0 amide bonds. The third kappa shape index (κ3) is 4.97. The molecule has 2 aromatic heterocycles. The van der Waals surface area contributed by atoms with Crippen LogP contribution in [0.3, 0.4) is 0 Å². The molecule has 0 saturated heterocycles. The van der Waals surface area contributed by atoms with E-state index in [1.165, 1.54) is 5.57 Å². The SMILES string of the molecule is Cc1cnc(Nc2ccc(-n3ccnc3C)cc2)nc1NC1=CC(C(C)(C)C)=CC=CC1. The van der Waals surface area contributed by atoms with Crippen LogP contribution in [0.25, 0.3) is 5.69 Å². The number of aryl methyl sites for hydroxylation is 2. The molecule has 6 nitrogen and oxygen atoms in total. The first-order valence-corrected chi connectivity index (χ1v) is 10.9. The Morgan fingerprint density at radius 1 is 1.00 bits per heavy atom. The zero-order valence-corrected chi connectivity index (χ0v) is 19.3. The summed E-state index contributed by atoms with van der Waals surface area (Å²) in [6.45, 7) is 10.7. The second-order valence-electron chi connectivity index (χ2n) is 9.04. The van der Waals surface area contributed by atoms with Crippen molar-refractivity contribution in [1.29, 1.82) is 0 Å². The minimum absolute atomic E-state index is 0.0798. The second-order valence-corrected chi connectivity index (χ2v) is 9.04. The molecule has 0 aliphatic heterocycles. The first kappa shape index (κ1) is 21.6. The Balaban J connectivity index is 1.52. The van der Waals surface area contributed by atoms with E-state index in [4.69, 9.17) is 4.98 Å². The number of aromatic nitrogens is 4. The molecule has 0 radical (unpaired) electrons. The van der Waals surface area contributed by atoms with Gasteiger partial charge in [-0.3, -0.25) is 0 Å². The highest BCUT2D eigenvalue weighted by Crippen LogP contribution is 2.30. The van der Waals surface area contributed by atoms with Crippen molar-refractivity contribution >= 4 is 17.5 Å². The number of allylic oxidation sites excluding steroid dienone is 5. The van der Waals surface area contributed by atoms with Crippen molar-refractivity contribution in [3.63, 3.8) is 0 Å². The maximum Gasteiger partial charge on any atom is 0.229 e. The predicted octanol–water partition coefficient (Wildman–Crippen LogP) is 6.25. The van der Waals surface area contributed by atoms with Gasteiger partial charge in [0.25, 0.3) is 0 Å². The van der Waals surface area contributed by atoms with Gasteiger partial charge in [-0.15, -0.1) is 0 Å². The highest BCUT2D eigenvalue weighted by molar-refractivity contribution is 5.59. The van der Waals surface area contributed by atoms with E-state index in [2.05, 4.69) is 65.7 Å². The fourth-order valence-corrected chi connectivity index (χ4v) is 3.48. The summed E-state index contributed by atoms with van der Waals surface area (Å²) in [4.78, 5) is 13.5. The molecular formula is C26H30N6. The smallest absolute Gasteiger partial charge is 0.229 e. The molecule has 2 heterocycles. The molecule has 32 heavy (non-hydrogen) atoms. The highest BCUT2D eigenvalue weighted by atomic mass is 15.1. The van der Waals surface area contributed by atoms with Crippen LogP contribution < -0.4 is 10.6 Å². The molecule has 0 unspecified atom stereocenters. The Morgan fingerprint density at radius 2 is 1.78 bits per heavy atom. The van der Waals surface area contributed by atoms with E-state index >= 15 is 0 Å². The topological polar surface area (TPSA) is 67.7 Å². The van der Waals surface area contributed by atoms with Gasteiger partial charge in [-0.25, -0.2) is 9.97 Å². The third-order valence-electron chi connectivity index (χ3n) is 5.42. The standard InChI is InChI=1S/C26H30N6/c1-18-17-28-25(30-21-10-12-23(13-11-21)32-15-14-27-19(32)2)31-24(18)29-22-9-7-6-8-20(16-22)26(3,4)5/h6-8,10-17H,9H2,1-5H3,(H2,28,29,30,31). The molecule has 4 rings (SSSR count). The first-order chi connectivity index (χ1) is 15.3. The van der Waals surface area contributed by atoms with Gasteiger partial charge in [0.05, 0.1) is 0 Å². The maximum absolute atomic E-state index is 4.73. The summed E-state index contributed by atoms with van der Waals surface area (Å²) in [6.07, 6.45) is 15.1. The molecule has 0 atom stereocenters. The molecule has 3 aromatic rings. The Labute approximate surface area is 189 Å². The quantitative estimate of drug-likeness (QED) is 0.505. The largest absolute Gasteiger partial charge is 0.343 e. The molecule has 0 bridgehead atoms. The van der Waals surface area contributed by atoms with Crippen molar-refractivity contribution in [3.8, 4) is 5.69 Å². The number of anilines is 3. The van der Waals surface area contributed by atoms with Crippen LogP contribution in [-0.4, -0.2) is 19.5 Å². The van der Waals surface area contributed by atoms with E-state index < -0.39 is 0 Å². The molecule has 0 spiro atoms. The molecular weight excluding hydrogens is 396 g/mol. The van der Waals surface area contributed by atoms with Crippen LogP contribution in [0.2, 0.25) is 0 Å². The number of nitrogens with zero attached hydrogens (tertiary/aromatic N) is 4. The summed E-state index contributed by atoms with van der Waals surface area (Å²) in [7, 11) is 0. The molecule has 2 N–H and O–H groups in total. The average molecular weight is 427 g/mol. The number of nitrogens with one attached hydrogen (secondary N) is 2. The summed E-state index contributed by atoms with van der Waals surface area (Å²) in [5, 5.41) is 6.83. The minimum Gasteiger partial charge on any atom is -0.343 e. The maximum atomic E-state index is 4.73. The first-order valence-electron chi connectivity index (χ1n) is 10.9. The number of hydrogen-bond acceptors (Lipinski definition) is 5. The molecule has 0 fully saturated rings. The van der Waals surface area contributed by atoms with E-state index in [0.717, 1.165) is 40.7 Å². The van der Waals surface area contributed by atoms with Gasteiger partial charge >= 0.3 is 0 Å². The van der Waals surface area contributed by atoms with Crippen LogP contribution in [-0.2, 0) is 0 Å². The predicted molar refractivity (Wildman–Crippen MR) is 131 cm³/mol. The van der Waals surface area contributed by atoms with E-state index in [0.29, 0.717) is 5.95 Å². The summed E-state index contributed by atoms with van der Waals surface area (Å²) >= 11 is 0. The summed E-state index contributed by atoms with van der Waals surface area (Å²) in [5.41, 5.74) is 5.47. The van der Waals surface area contributed by atoms with Crippen molar-refractivity contribution in [1.82, 2.24) is 19.5 Å². The van der Waals surface area contributed by atoms with Gasteiger partial charge in [0.2, 0.25) is 5.95 Å². The van der Waals surface area contributed by atoms with Crippen LogP contribution in [0.15, 0.2) is 78.4 Å². The lowest BCUT2D eigenvalue weighted by atomic mass is 9.86. The number of imidazole rings is 1. The fraction of sp³-hybridized carbons (Fsp3) is 0.269. The zero-order chi connectivity index (χ0) is 22.7. The minimum atomic E-state index is 0.0798. The lowest BCUT2D eigenvalue weighted by molar-refractivity contribution is 0.516. The summed E-state index contributed by atoms with van der Waals surface area (Å²) in [6, 6.07) is 8.13. The van der Waals surface area contributed by atoms with E-state index in [9.17, 15) is 0 Å². The number of rotatable bonds is 5. The second kappa shape index (κ2) is 8.83. The molecule has 164 valence electrons. The fourth-order valence-electron chi connectivity index (χ4n) is 3.48. The van der Waals surface area contributed by atoms with Gasteiger partial charge in [-0.05, 0) is 55.2 Å². The number of hydrogen-bond donors (Lipinski definition) is 2. The normalized spacial score (nSPS) is 13.9. The lowest BCUT2D eigenvalue weighted by Crippen LogP contribution is -2.10. The van der Waals surface area contributed by atoms with Gasteiger partial charge in [0.15, 0.2) is 0 Å². The number of benzene rings is 1. The van der Waals surface area contributed by atoms with Gasteiger partial charge < -0.3 is 15.2 Å². The van der Waals surface area contributed by atoms with Gasteiger partial charge in [0.1, 0.15) is 11.6 Å². The average Bonchev–Trinajstić information content (AvgIpc) is 3.03. The van der Waals surface area contributed by atoms with Crippen molar-refractivity contribution in [3.05, 3.63) is 89.8 Å². The van der Waals surface area contributed by atoms with Crippen LogP contribution in [0.1, 0.15) is 38.6 Å². The van der Waals surface area contributed by atoms with E-state index in [1.54, 1.807) is 6.20 Å². The van der Waals surface area contributed by atoms with Gasteiger partial charge in [-0.2, -0.15) is 4.98 Å². The van der Waals surface area contributed by atoms with Crippen LogP contribution in [0.5, 0.6) is 0 Å². The Morgan fingerprint density at radius 3 is 2.47 bits per heavy atom. The van der Waals surface area contributed by atoms with Gasteiger partial charge in [0, 0.05) is 47.6 Å². The zero-order valence-electron chi connectivity index (χ0n) is 19.3. The molecule has 1 aromatic carbocycles. The molecule has 0 saturated carbocycles. The van der Waals surface area contributed by atoms with E-state index in [1.807, 2.05) is 55.1 Å². The van der Waals surface area contributed by atoms with Crippen LogP contribution in [0.4, 0.5) is 17.5 Å². The van der Waals surface area contributed by atoms with Crippen molar-refractivity contribution < 1.29 is 0 Å². The van der Waals surface area contributed by atoms with Gasteiger partial charge in [-0.1, -0.05) is 39.0 Å². The van der Waals surface area contributed by atoms with Crippen LogP contribution >= 0.6 is 0 Å². The summed E-state index contributed by atoms with van der Waals surface area (Å²) < 4.78 is 2.05. The summed E-state index contributed by atoms with van der Waals surface area (Å²) in [5.74, 6) is 2.32. The van der Waals surface area contributed by atoms with Crippen molar-refractivity contribution in [2.75, 3.05) is 10.6 Å².